The van der Waals surface area contributed by atoms with Crippen molar-refractivity contribution in [3.8, 4) is 0 Å². The van der Waals surface area contributed by atoms with Crippen LogP contribution >= 0.6 is 0 Å². The van der Waals surface area contributed by atoms with E-state index in [0.717, 1.165) is 24.8 Å². The summed E-state index contributed by atoms with van der Waals surface area (Å²) in [6.45, 7) is 12.1. The number of carbonyl (C=O) groups excluding carboxylic acids is 2. The maximum Gasteiger partial charge on any atom is 0.145 e. The molecule has 0 aromatic heterocycles. The van der Waals surface area contributed by atoms with Crippen LogP contribution in [-0.4, -0.2) is 11.6 Å². The summed E-state index contributed by atoms with van der Waals surface area (Å²) in [7, 11) is 0. The molecule has 4 aliphatic carbocycles. The lowest BCUT2D eigenvalue weighted by Crippen LogP contribution is -2.58. The number of Topliss-reactive ketones (excluding diaryl/α,β-unsaturated/α-hetero) is 2. The summed E-state index contributed by atoms with van der Waals surface area (Å²) in [4.78, 5) is 24.9. The lowest BCUT2D eigenvalue weighted by Gasteiger charge is -2.57. The molecular weight excluding hydrogens is 236 g/mol. The zero-order valence-corrected chi connectivity index (χ0v) is 12.5. The normalized spacial score (nSPS) is 51.5. The molecule has 0 aromatic rings. The molecule has 0 radical (unpaired) electrons. The van der Waals surface area contributed by atoms with Gasteiger partial charge in [0.25, 0.3) is 0 Å². The van der Waals surface area contributed by atoms with Crippen molar-refractivity contribution in [2.45, 2.75) is 47.0 Å². The molecule has 0 spiro atoms. The smallest absolute Gasteiger partial charge is 0.145 e. The summed E-state index contributed by atoms with van der Waals surface area (Å²) in [6.07, 6.45) is 2.74. The van der Waals surface area contributed by atoms with Crippen molar-refractivity contribution >= 4 is 11.6 Å². The summed E-state index contributed by atoms with van der Waals surface area (Å²) in [5.74, 6) is 1.96. The minimum Gasteiger partial charge on any atom is -0.300 e. The lowest BCUT2D eigenvalue weighted by atomic mass is 9.45. The summed E-state index contributed by atoms with van der Waals surface area (Å²) >= 11 is 0. The monoisotopic (exact) mass is 260 g/mol. The SMILES string of the molecule is C=C(C)[C@@H]1C[C@H]2[C@H]3C[C@]1(C)C(=O)[C@]2(C)C[C@H]3C(C)=O. The molecule has 0 aromatic carbocycles. The molecule has 0 N–H and O–H groups in total. The van der Waals surface area contributed by atoms with Crippen molar-refractivity contribution in [2.75, 3.05) is 0 Å². The molecule has 0 heterocycles. The van der Waals surface area contributed by atoms with Crippen molar-refractivity contribution in [1.82, 2.24) is 0 Å². The minimum absolute atomic E-state index is 0.117. The first-order chi connectivity index (χ1) is 8.71. The minimum atomic E-state index is -0.274. The highest BCUT2D eigenvalue weighted by Gasteiger charge is 2.69. The van der Waals surface area contributed by atoms with Gasteiger partial charge in [0.15, 0.2) is 0 Å². The molecule has 4 rings (SSSR count). The van der Waals surface area contributed by atoms with Crippen LogP contribution in [0.5, 0.6) is 0 Å². The highest BCUT2D eigenvalue weighted by atomic mass is 16.1. The third-order valence-electron chi connectivity index (χ3n) is 6.57. The van der Waals surface area contributed by atoms with Gasteiger partial charge in [-0.1, -0.05) is 26.0 Å². The van der Waals surface area contributed by atoms with Crippen LogP contribution in [-0.2, 0) is 9.59 Å². The molecule has 6 atom stereocenters. The molecule has 0 aliphatic heterocycles. The summed E-state index contributed by atoms with van der Waals surface area (Å²) in [5, 5.41) is 0. The molecule has 4 bridgehead atoms. The Morgan fingerprint density at radius 1 is 1.21 bits per heavy atom. The predicted molar refractivity (Wildman–Crippen MR) is 74.5 cm³/mol. The number of hydrogen-bond donors (Lipinski definition) is 0. The Balaban J connectivity index is 2.08. The van der Waals surface area contributed by atoms with Gasteiger partial charge in [0.05, 0.1) is 0 Å². The van der Waals surface area contributed by atoms with Crippen LogP contribution in [0.3, 0.4) is 0 Å². The molecule has 19 heavy (non-hydrogen) atoms. The fraction of sp³-hybridized carbons (Fsp3) is 0.765. The van der Waals surface area contributed by atoms with Crippen molar-refractivity contribution < 1.29 is 9.59 Å². The van der Waals surface area contributed by atoms with Gasteiger partial charge in [0.2, 0.25) is 0 Å². The van der Waals surface area contributed by atoms with E-state index in [0.29, 0.717) is 23.5 Å². The molecule has 4 aliphatic rings. The second kappa shape index (κ2) is 3.59. The molecule has 0 saturated heterocycles. The van der Waals surface area contributed by atoms with E-state index in [4.69, 9.17) is 0 Å². The van der Waals surface area contributed by atoms with Gasteiger partial charge in [-0.05, 0) is 50.9 Å². The Labute approximate surface area is 115 Å². The molecular formula is C17H24O2. The molecule has 2 nitrogen and oxygen atoms in total. The third-order valence-corrected chi connectivity index (χ3v) is 6.57. The fourth-order valence-corrected chi connectivity index (χ4v) is 5.73. The van der Waals surface area contributed by atoms with Gasteiger partial charge < -0.3 is 0 Å². The van der Waals surface area contributed by atoms with E-state index in [1.165, 1.54) is 0 Å². The first-order valence-electron chi connectivity index (χ1n) is 7.42. The number of ketones is 2. The fourth-order valence-electron chi connectivity index (χ4n) is 5.73. The summed E-state index contributed by atoms with van der Waals surface area (Å²) in [5.41, 5.74) is 0.618. The largest absolute Gasteiger partial charge is 0.300 e. The average molecular weight is 260 g/mol. The molecule has 0 unspecified atom stereocenters. The van der Waals surface area contributed by atoms with Gasteiger partial charge in [-0.15, -0.1) is 0 Å². The van der Waals surface area contributed by atoms with Crippen LogP contribution in [0.1, 0.15) is 47.0 Å². The maximum absolute atomic E-state index is 13.0. The highest BCUT2D eigenvalue weighted by Crippen LogP contribution is 2.69. The van der Waals surface area contributed by atoms with E-state index < -0.39 is 0 Å². The zero-order valence-electron chi connectivity index (χ0n) is 12.5. The molecule has 4 saturated carbocycles. The second-order valence-electron chi connectivity index (χ2n) is 7.69. The quantitative estimate of drug-likeness (QED) is 0.713. The second-order valence-corrected chi connectivity index (χ2v) is 7.69. The number of allylic oxidation sites excluding steroid dienone is 1. The Hall–Kier alpha value is -0.920. The van der Waals surface area contributed by atoms with Crippen LogP contribution in [0.15, 0.2) is 12.2 Å². The highest BCUT2D eigenvalue weighted by molar-refractivity contribution is 5.95. The molecule has 104 valence electrons. The van der Waals surface area contributed by atoms with E-state index >= 15 is 0 Å². The Bertz CT molecular complexity index is 491. The molecule has 0 amide bonds. The van der Waals surface area contributed by atoms with E-state index in [1.807, 2.05) is 0 Å². The van der Waals surface area contributed by atoms with E-state index in [1.54, 1.807) is 6.92 Å². The lowest BCUT2D eigenvalue weighted by molar-refractivity contribution is -0.160. The topological polar surface area (TPSA) is 34.1 Å². The number of fused-ring (bicyclic) bond motifs is 1. The Kier molecular flexibility index (Phi) is 2.47. The van der Waals surface area contributed by atoms with Gasteiger partial charge in [-0.3, -0.25) is 9.59 Å². The van der Waals surface area contributed by atoms with E-state index in [2.05, 4.69) is 27.4 Å². The third kappa shape index (κ3) is 1.38. The summed E-state index contributed by atoms with van der Waals surface area (Å²) in [6, 6.07) is 0. The zero-order chi connectivity index (χ0) is 14.2. The summed E-state index contributed by atoms with van der Waals surface area (Å²) < 4.78 is 0. The van der Waals surface area contributed by atoms with Crippen molar-refractivity contribution in [3.63, 3.8) is 0 Å². The van der Waals surface area contributed by atoms with Crippen LogP contribution in [0, 0.1) is 34.5 Å². The van der Waals surface area contributed by atoms with Gasteiger partial charge in [0.1, 0.15) is 11.6 Å². The van der Waals surface area contributed by atoms with Gasteiger partial charge in [-0.2, -0.15) is 0 Å². The van der Waals surface area contributed by atoms with E-state index in [-0.39, 0.29) is 22.5 Å². The van der Waals surface area contributed by atoms with E-state index in [9.17, 15) is 9.59 Å². The van der Waals surface area contributed by atoms with Gasteiger partial charge in [0, 0.05) is 16.7 Å². The first-order valence-corrected chi connectivity index (χ1v) is 7.42. The average Bonchev–Trinajstić information content (AvgIpc) is 2.56. The van der Waals surface area contributed by atoms with Crippen LogP contribution in [0.2, 0.25) is 0 Å². The first kappa shape index (κ1) is 13.1. The van der Waals surface area contributed by atoms with Crippen molar-refractivity contribution in [2.24, 2.45) is 34.5 Å². The van der Waals surface area contributed by atoms with Gasteiger partial charge in [-0.25, -0.2) is 0 Å². The van der Waals surface area contributed by atoms with Crippen LogP contribution in [0.4, 0.5) is 0 Å². The Morgan fingerprint density at radius 3 is 2.37 bits per heavy atom. The van der Waals surface area contributed by atoms with Crippen molar-refractivity contribution in [1.29, 1.82) is 0 Å². The number of hydrogen-bond acceptors (Lipinski definition) is 2. The molecule has 2 heteroatoms. The molecule has 4 fully saturated rings. The number of rotatable bonds is 2. The van der Waals surface area contributed by atoms with Crippen LogP contribution in [0.25, 0.3) is 0 Å². The van der Waals surface area contributed by atoms with Gasteiger partial charge >= 0.3 is 0 Å². The van der Waals surface area contributed by atoms with Crippen LogP contribution < -0.4 is 0 Å². The standard InChI is InChI=1S/C17H24O2/c1-9(2)13-6-14-12-8-16(13,4)15(19)17(14,5)7-11(12)10(3)18/h11-14H,1,6-8H2,2-5H3/t11-,12-,13-,14-,16-,17+/m0/s1. The number of carbonyl (C=O) groups is 2. The maximum atomic E-state index is 13.0. The van der Waals surface area contributed by atoms with Crippen molar-refractivity contribution in [3.05, 3.63) is 12.2 Å². The predicted octanol–water partition coefficient (Wildman–Crippen LogP) is 3.41. The Morgan fingerprint density at radius 2 is 1.84 bits per heavy atom.